The fourth-order valence-electron chi connectivity index (χ4n) is 4.18. The van der Waals surface area contributed by atoms with Gasteiger partial charge in [-0.15, -0.1) is 0 Å². The van der Waals surface area contributed by atoms with Gasteiger partial charge in [0.25, 0.3) is 0 Å². The van der Waals surface area contributed by atoms with Crippen LogP contribution in [0.3, 0.4) is 0 Å². The number of unbranched alkanes of at least 4 members (excludes halogenated alkanes) is 1. The Kier molecular flexibility index (Phi) is 7.01. The predicted octanol–water partition coefficient (Wildman–Crippen LogP) is 3.63. The molecule has 2 fully saturated rings. The molecule has 122 valence electrons. The largest absolute Gasteiger partial charge is 0.356 e. The Hall–Kier alpha value is -0.570. The maximum absolute atomic E-state index is 12.2. The van der Waals surface area contributed by atoms with Crippen molar-refractivity contribution in [3.05, 3.63) is 0 Å². The molecule has 2 bridgehead atoms. The minimum atomic E-state index is 0.291. The molecule has 2 N–H and O–H groups in total. The number of hydrogen-bond acceptors (Lipinski definition) is 2. The number of fused-ring (bicyclic) bond motifs is 2. The van der Waals surface area contributed by atoms with E-state index in [2.05, 4.69) is 24.5 Å². The average Bonchev–Trinajstić information content (AvgIpc) is 2.81. The first-order chi connectivity index (χ1) is 10.2. The molecule has 0 aliphatic carbocycles. The molecule has 2 saturated heterocycles. The molecular weight excluding hydrogens is 260 g/mol. The molecule has 0 aromatic rings. The Labute approximate surface area is 130 Å². The van der Waals surface area contributed by atoms with E-state index in [0.717, 1.165) is 13.0 Å². The van der Waals surface area contributed by atoms with E-state index >= 15 is 0 Å². The van der Waals surface area contributed by atoms with E-state index in [4.69, 9.17) is 0 Å². The fraction of sp³-hybridized carbons (Fsp3) is 0.944. The molecule has 3 heteroatoms. The highest BCUT2D eigenvalue weighted by molar-refractivity contribution is 5.76. The van der Waals surface area contributed by atoms with Crippen molar-refractivity contribution in [1.82, 2.24) is 10.6 Å². The van der Waals surface area contributed by atoms with Crippen LogP contribution >= 0.6 is 0 Å². The molecule has 3 unspecified atom stereocenters. The van der Waals surface area contributed by atoms with Gasteiger partial charge in [-0.05, 0) is 50.4 Å². The van der Waals surface area contributed by atoms with Crippen LogP contribution in [0, 0.1) is 11.8 Å². The molecule has 2 aliphatic rings. The zero-order valence-electron chi connectivity index (χ0n) is 14.0. The molecule has 2 aliphatic heterocycles. The molecule has 0 saturated carbocycles. The highest BCUT2D eigenvalue weighted by Crippen LogP contribution is 2.32. The van der Waals surface area contributed by atoms with Crippen LogP contribution in [0.15, 0.2) is 0 Å². The number of rotatable bonds is 9. The summed E-state index contributed by atoms with van der Waals surface area (Å²) in [5, 5.41) is 6.87. The number of carbonyl (C=O) groups excluding carboxylic acids is 1. The van der Waals surface area contributed by atoms with Gasteiger partial charge < -0.3 is 10.6 Å². The van der Waals surface area contributed by atoms with Crippen LogP contribution in [0.2, 0.25) is 0 Å². The minimum absolute atomic E-state index is 0.291. The molecule has 0 radical (unpaired) electrons. The molecule has 0 aromatic heterocycles. The van der Waals surface area contributed by atoms with E-state index in [1.807, 2.05) is 0 Å². The van der Waals surface area contributed by atoms with E-state index in [1.165, 1.54) is 57.8 Å². The van der Waals surface area contributed by atoms with Gasteiger partial charge in [0.2, 0.25) is 5.91 Å². The van der Waals surface area contributed by atoms with Gasteiger partial charge in [-0.25, -0.2) is 0 Å². The monoisotopic (exact) mass is 294 g/mol. The summed E-state index contributed by atoms with van der Waals surface area (Å²) in [6.45, 7) is 5.38. The summed E-state index contributed by atoms with van der Waals surface area (Å²) in [6.07, 6.45) is 12.1. The summed E-state index contributed by atoms with van der Waals surface area (Å²) < 4.78 is 0. The summed E-state index contributed by atoms with van der Waals surface area (Å²) in [5.74, 6) is 1.59. The van der Waals surface area contributed by atoms with E-state index in [0.29, 0.717) is 29.8 Å². The van der Waals surface area contributed by atoms with Gasteiger partial charge in [-0.3, -0.25) is 4.79 Å². The Morgan fingerprint density at radius 3 is 2.48 bits per heavy atom. The number of carbonyl (C=O) groups is 1. The topological polar surface area (TPSA) is 41.1 Å². The maximum atomic E-state index is 12.2. The lowest BCUT2D eigenvalue weighted by molar-refractivity contribution is -0.122. The normalized spacial score (nSPS) is 29.3. The smallest absolute Gasteiger partial charge is 0.220 e. The first-order valence-corrected chi connectivity index (χ1v) is 9.24. The molecule has 2 rings (SSSR count). The molecule has 2 heterocycles. The van der Waals surface area contributed by atoms with E-state index in [9.17, 15) is 4.79 Å². The van der Waals surface area contributed by atoms with Gasteiger partial charge in [-0.2, -0.15) is 0 Å². The van der Waals surface area contributed by atoms with Crippen LogP contribution in [0.4, 0.5) is 0 Å². The van der Waals surface area contributed by atoms with Crippen LogP contribution in [-0.2, 0) is 4.79 Å². The van der Waals surface area contributed by atoms with Gasteiger partial charge in [0.05, 0.1) is 0 Å². The van der Waals surface area contributed by atoms with Gasteiger partial charge >= 0.3 is 0 Å². The van der Waals surface area contributed by atoms with Gasteiger partial charge in [-0.1, -0.05) is 33.1 Å². The SMILES string of the molecule is CCCCC(CCC)CNC(=O)CC1CC2CCC(C1)N2. The van der Waals surface area contributed by atoms with Crippen molar-refractivity contribution in [2.75, 3.05) is 6.54 Å². The second kappa shape index (κ2) is 8.77. The van der Waals surface area contributed by atoms with Crippen molar-refractivity contribution >= 4 is 5.91 Å². The number of piperidine rings is 1. The highest BCUT2D eigenvalue weighted by atomic mass is 16.1. The van der Waals surface area contributed by atoms with Gasteiger partial charge in [0.1, 0.15) is 0 Å². The van der Waals surface area contributed by atoms with Crippen molar-refractivity contribution < 1.29 is 4.79 Å². The van der Waals surface area contributed by atoms with Gasteiger partial charge in [0, 0.05) is 25.0 Å². The second-order valence-electron chi connectivity index (χ2n) is 7.28. The summed E-state index contributed by atoms with van der Waals surface area (Å²) in [5.41, 5.74) is 0. The number of hydrogen-bond donors (Lipinski definition) is 2. The number of amides is 1. The van der Waals surface area contributed by atoms with Crippen molar-refractivity contribution in [2.24, 2.45) is 11.8 Å². The zero-order chi connectivity index (χ0) is 15.1. The molecule has 0 spiro atoms. The number of nitrogens with one attached hydrogen (secondary N) is 2. The minimum Gasteiger partial charge on any atom is -0.356 e. The van der Waals surface area contributed by atoms with E-state index < -0.39 is 0 Å². The Morgan fingerprint density at radius 1 is 1.14 bits per heavy atom. The van der Waals surface area contributed by atoms with Crippen molar-refractivity contribution in [2.45, 2.75) is 90.1 Å². The predicted molar refractivity (Wildman–Crippen MR) is 88.2 cm³/mol. The Balaban J connectivity index is 1.66. The highest BCUT2D eigenvalue weighted by Gasteiger charge is 2.34. The summed E-state index contributed by atoms with van der Waals surface area (Å²) in [4.78, 5) is 12.2. The quantitative estimate of drug-likeness (QED) is 0.682. The fourth-order valence-corrected chi connectivity index (χ4v) is 4.18. The molecule has 21 heavy (non-hydrogen) atoms. The maximum Gasteiger partial charge on any atom is 0.220 e. The Morgan fingerprint density at radius 2 is 1.86 bits per heavy atom. The third kappa shape index (κ3) is 5.61. The molecule has 1 amide bonds. The first-order valence-electron chi connectivity index (χ1n) is 9.24. The van der Waals surface area contributed by atoms with Crippen LogP contribution in [-0.4, -0.2) is 24.5 Å². The van der Waals surface area contributed by atoms with E-state index in [-0.39, 0.29) is 0 Å². The summed E-state index contributed by atoms with van der Waals surface area (Å²) in [7, 11) is 0. The average molecular weight is 294 g/mol. The summed E-state index contributed by atoms with van der Waals surface area (Å²) >= 11 is 0. The van der Waals surface area contributed by atoms with Gasteiger partial charge in [0.15, 0.2) is 0 Å². The van der Waals surface area contributed by atoms with Crippen molar-refractivity contribution in [3.8, 4) is 0 Å². The van der Waals surface area contributed by atoms with Crippen LogP contribution in [0.5, 0.6) is 0 Å². The van der Waals surface area contributed by atoms with Crippen LogP contribution < -0.4 is 10.6 Å². The van der Waals surface area contributed by atoms with Crippen molar-refractivity contribution in [1.29, 1.82) is 0 Å². The zero-order valence-corrected chi connectivity index (χ0v) is 14.0. The van der Waals surface area contributed by atoms with Crippen molar-refractivity contribution in [3.63, 3.8) is 0 Å². The lowest BCUT2D eigenvalue weighted by Gasteiger charge is -2.28. The molecule has 3 atom stereocenters. The standard InChI is InChI=1S/C18H34N2O/c1-3-5-7-14(6-4-2)13-19-18(21)12-15-10-16-8-9-17(11-15)20-16/h14-17,20H,3-13H2,1-2H3,(H,19,21). The third-order valence-electron chi connectivity index (χ3n) is 5.30. The molecular formula is C18H34N2O. The molecule has 3 nitrogen and oxygen atoms in total. The second-order valence-corrected chi connectivity index (χ2v) is 7.28. The Bertz CT molecular complexity index is 306. The van der Waals surface area contributed by atoms with Crippen LogP contribution in [0.25, 0.3) is 0 Å². The summed E-state index contributed by atoms with van der Waals surface area (Å²) in [6, 6.07) is 1.39. The lowest BCUT2D eigenvalue weighted by Crippen LogP contribution is -2.40. The third-order valence-corrected chi connectivity index (χ3v) is 5.30. The lowest BCUT2D eigenvalue weighted by atomic mass is 9.89. The first kappa shape index (κ1) is 16.8. The van der Waals surface area contributed by atoms with Crippen LogP contribution in [0.1, 0.15) is 78.1 Å². The molecule has 0 aromatic carbocycles. The van der Waals surface area contributed by atoms with E-state index in [1.54, 1.807) is 0 Å².